The number of fused-ring (bicyclic) bond motifs is 1. The standard InChI is InChI=1S/C32H51N11O15S/c1-14(33)24(50)40-18(9-44)26(52)41-19(10-45)25(51)39-17(5-3-7-37-31(35)36)20(47)8-22(49)58-11-15-12-59-30-32(38-13-46,29(57)43(30)23(15)28(55)56)42-21(48)6-2-4-16(34)27(53)54/h13-14,16-20,30,44-45,47H,2-12,33-34H2,1H3,(H,38,46)(H,39,51)(H,40,50)(H,41,52)(H,42,48)(H,53,54)(H,55,56)(H4,35,36,37)/t14-,16+,17-,18-,19-,20+,30+,32+/m0/s1. The van der Waals surface area contributed by atoms with E-state index in [0.717, 1.165) is 16.7 Å². The van der Waals surface area contributed by atoms with Crippen LogP contribution in [0.3, 0.4) is 0 Å². The molecule has 27 heteroatoms. The van der Waals surface area contributed by atoms with Crippen molar-refractivity contribution in [2.75, 3.05) is 32.1 Å². The molecule has 6 amide bonds. The second-order valence-corrected chi connectivity index (χ2v) is 14.4. The van der Waals surface area contributed by atoms with Crippen LogP contribution in [0.25, 0.3) is 0 Å². The van der Waals surface area contributed by atoms with Gasteiger partial charge in [-0.05, 0) is 32.6 Å². The predicted molar refractivity (Wildman–Crippen MR) is 202 cm³/mol. The molecule has 59 heavy (non-hydrogen) atoms. The number of carbonyl (C=O) groups excluding carboxylic acids is 7. The Labute approximate surface area is 340 Å². The Morgan fingerprint density at radius 1 is 0.983 bits per heavy atom. The van der Waals surface area contributed by atoms with Gasteiger partial charge in [-0.15, -0.1) is 11.8 Å². The number of hydrogen-bond acceptors (Lipinski definition) is 17. The zero-order valence-corrected chi connectivity index (χ0v) is 32.6. The number of guanidine groups is 1. The zero-order chi connectivity index (χ0) is 44.6. The van der Waals surface area contributed by atoms with Crippen LogP contribution in [0.1, 0.15) is 45.4 Å². The van der Waals surface area contributed by atoms with Crippen molar-refractivity contribution in [2.45, 2.75) is 92.8 Å². The molecular weight excluding hydrogens is 810 g/mol. The van der Waals surface area contributed by atoms with E-state index >= 15 is 0 Å². The molecule has 1 fully saturated rings. The van der Waals surface area contributed by atoms with Crippen LogP contribution in [0.5, 0.6) is 0 Å². The van der Waals surface area contributed by atoms with E-state index in [9.17, 15) is 63.6 Å². The van der Waals surface area contributed by atoms with Crippen LogP contribution in [-0.4, -0.2) is 170 Å². The summed E-state index contributed by atoms with van der Waals surface area (Å²) in [6.07, 6.45) is -2.60. The number of nitrogens with zero attached hydrogens (tertiary/aromatic N) is 2. The highest BCUT2D eigenvalue weighted by Gasteiger charge is 2.66. The molecule has 26 nitrogen and oxygen atoms in total. The van der Waals surface area contributed by atoms with Crippen molar-refractivity contribution in [1.29, 1.82) is 0 Å². The van der Waals surface area contributed by atoms with Crippen molar-refractivity contribution in [1.82, 2.24) is 31.5 Å². The number of amides is 6. The van der Waals surface area contributed by atoms with E-state index in [1.807, 2.05) is 0 Å². The Morgan fingerprint density at radius 2 is 1.59 bits per heavy atom. The minimum atomic E-state index is -2.05. The third-order valence-electron chi connectivity index (χ3n) is 8.80. The number of rotatable bonds is 26. The van der Waals surface area contributed by atoms with Crippen molar-refractivity contribution in [3.05, 3.63) is 11.3 Å². The second kappa shape index (κ2) is 23.1. The first-order valence-electron chi connectivity index (χ1n) is 17.9. The summed E-state index contributed by atoms with van der Waals surface area (Å²) in [7, 11) is 0. The van der Waals surface area contributed by atoms with E-state index in [2.05, 4.69) is 31.6 Å². The molecular formula is C32H51N11O15S. The van der Waals surface area contributed by atoms with Gasteiger partial charge in [0.2, 0.25) is 35.7 Å². The molecule has 330 valence electrons. The van der Waals surface area contributed by atoms with Crippen LogP contribution in [-0.2, 0) is 47.9 Å². The number of thioether (sulfide) groups is 1. The number of β-lactam (4-membered cyclic amide) rings is 1. The average molecular weight is 862 g/mol. The van der Waals surface area contributed by atoms with Crippen LogP contribution in [0.4, 0.5) is 0 Å². The van der Waals surface area contributed by atoms with Gasteiger partial charge in [-0.1, -0.05) is 0 Å². The first kappa shape index (κ1) is 49.5. The number of esters is 1. The minimum Gasteiger partial charge on any atom is -0.480 e. The van der Waals surface area contributed by atoms with Crippen LogP contribution in [0.15, 0.2) is 16.3 Å². The SMILES string of the molecule is C[C@H](N)C(=O)N[C@@H](CO)C(=O)N[C@@H](CO)C(=O)N[C@@H](CCCN=C(N)N)[C@H](O)CC(=O)OCC1=C(C(=O)O)N2C(=O)[C@@](NC=O)(NC(=O)CCC[C@@H](N)C(=O)O)[C@H]2SC1. The number of aliphatic carboxylic acids is 2. The van der Waals surface area contributed by atoms with Crippen molar-refractivity contribution in [3.63, 3.8) is 0 Å². The first-order valence-corrected chi connectivity index (χ1v) is 19.0. The molecule has 0 aromatic rings. The van der Waals surface area contributed by atoms with Crippen LogP contribution < -0.4 is 49.5 Å². The predicted octanol–water partition coefficient (Wildman–Crippen LogP) is -7.49. The fourth-order valence-electron chi connectivity index (χ4n) is 5.66. The number of carboxylic acid groups (broad SMARTS) is 2. The summed E-state index contributed by atoms with van der Waals surface area (Å²) in [5.74, 6) is -9.09. The number of hydrogen-bond donors (Lipinski definition) is 14. The van der Waals surface area contributed by atoms with Gasteiger partial charge >= 0.3 is 17.9 Å². The summed E-state index contributed by atoms with van der Waals surface area (Å²) in [5.41, 5.74) is 18.9. The van der Waals surface area contributed by atoms with Gasteiger partial charge in [-0.2, -0.15) is 0 Å². The van der Waals surface area contributed by atoms with Crippen molar-refractivity contribution < 1.29 is 73.4 Å². The molecule has 0 aromatic carbocycles. The number of aliphatic imine (C=N–C) groups is 1. The van der Waals surface area contributed by atoms with Gasteiger partial charge in [-0.25, -0.2) is 4.79 Å². The molecule has 2 aliphatic heterocycles. The molecule has 0 saturated carbocycles. The van der Waals surface area contributed by atoms with E-state index in [4.69, 9.17) is 32.8 Å². The van der Waals surface area contributed by atoms with Crippen molar-refractivity contribution in [3.8, 4) is 0 Å². The van der Waals surface area contributed by atoms with Crippen molar-refractivity contribution in [2.24, 2.45) is 27.9 Å². The Bertz CT molecular complexity index is 1660. The summed E-state index contributed by atoms with van der Waals surface area (Å²) < 4.78 is 5.24. The number of carboxylic acids is 2. The molecule has 0 spiro atoms. The van der Waals surface area contributed by atoms with E-state index in [1.54, 1.807) is 0 Å². The summed E-state index contributed by atoms with van der Waals surface area (Å²) in [6, 6.07) is -6.74. The third kappa shape index (κ3) is 13.7. The molecule has 2 heterocycles. The maximum atomic E-state index is 13.4. The largest absolute Gasteiger partial charge is 0.480 e. The summed E-state index contributed by atoms with van der Waals surface area (Å²) in [6.45, 7) is -1.20. The number of aliphatic hydroxyl groups excluding tert-OH is 3. The van der Waals surface area contributed by atoms with Crippen LogP contribution in [0, 0.1) is 0 Å². The Hall–Kier alpha value is -5.61. The van der Waals surface area contributed by atoms with E-state index < -0.39 is 127 Å². The van der Waals surface area contributed by atoms with Gasteiger partial charge in [0.1, 0.15) is 35.8 Å². The number of ether oxygens (including phenoxy) is 1. The molecule has 0 unspecified atom stereocenters. The van der Waals surface area contributed by atoms with Gasteiger partial charge in [0.25, 0.3) is 5.91 Å². The van der Waals surface area contributed by atoms with Gasteiger partial charge in [0, 0.05) is 24.3 Å². The lowest BCUT2D eigenvalue weighted by Crippen LogP contribution is -2.85. The number of nitrogens with one attached hydrogen (secondary N) is 5. The maximum Gasteiger partial charge on any atom is 0.352 e. The summed E-state index contributed by atoms with van der Waals surface area (Å²) >= 11 is 0.917. The molecule has 0 aliphatic carbocycles. The molecule has 2 aliphatic rings. The number of aliphatic hydroxyl groups is 3. The Morgan fingerprint density at radius 3 is 2.14 bits per heavy atom. The Balaban J connectivity index is 2.17. The molecule has 8 atom stereocenters. The lowest BCUT2D eigenvalue weighted by Gasteiger charge is -2.56. The lowest BCUT2D eigenvalue weighted by atomic mass is 9.94. The van der Waals surface area contributed by atoms with Gasteiger partial charge in [0.05, 0.1) is 37.8 Å². The van der Waals surface area contributed by atoms with Gasteiger partial charge in [-0.3, -0.25) is 48.2 Å². The molecule has 18 N–H and O–H groups in total. The molecule has 2 rings (SSSR count). The van der Waals surface area contributed by atoms with Crippen molar-refractivity contribution >= 4 is 71.6 Å². The van der Waals surface area contributed by atoms with E-state index in [1.165, 1.54) is 6.92 Å². The first-order chi connectivity index (χ1) is 27.7. The Kier molecular flexibility index (Phi) is 19.4. The maximum absolute atomic E-state index is 13.4. The highest BCUT2D eigenvalue weighted by atomic mass is 32.2. The minimum absolute atomic E-state index is 0.0202. The molecule has 0 aromatic heterocycles. The topological polar surface area (TPSA) is 444 Å². The highest BCUT2D eigenvalue weighted by molar-refractivity contribution is 8.00. The van der Waals surface area contributed by atoms with Crippen LogP contribution in [0.2, 0.25) is 0 Å². The molecule has 0 bridgehead atoms. The third-order valence-corrected chi connectivity index (χ3v) is 10.2. The average Bonchev–Trinajstić information content (AvgIpc) is 3.17. The lowest BCUT2D eigenvalue weighted by molar-refractivity contribution is -0.162. The number of carbonyl (C=O) groups is 9. The van der Waals surface area contributed by atoms with Gasteiger partial charge in [0.15, 0.2) is 5.96 Å². The highest BCUT2D eigenvalue weighted by Crippen LogP contribution is 2.45. The zero-order valence-electron chi connectivity index (χ0n) is 31.8. The normalized spacial score (nSPS) is 20.1. The molecule has 1 saturated heterocycles. The summed E-state index contributed by atoms with van der Waals surface area (Å²) in [4.78, 5) is 116. The summed E-state index contributed by atoms with van der Waals surface area (Å²) in [5, 5.41) is 59.6. The van der Waals surface area contributed by atoms with E-state index in [-0.39, 0.29) is 62.3 Å². The smallest absolute Gasteiger partial charge is 0.352 e. The monoisotopic (exact) mass is 861 g/mol. The fraction of sp³-hybridized carbons (Fsp3) is 0.625. The second-order valence-electron chi connectivity index (χ2n) is 13.3. The van der Waals surface area contributed by atoms with Crippen LogP contribution >= 0.6 is 11.8 Å². The quantitative estimate of drug-likeness (QED) is 0.00730. The number of nitrogens with two attached hydrogens (primary N) is 4. The van der Waals surface area contributed by atoms with Gasteiger partial charge < -0.3 is 79.8 Å². The molecule has 0 radical (unpaired) electrons. The fourth-order valence-corrected chi connectivity index (χ4v) is 7.07. The van der Waals surface area contributed by atoms with E-state index in [0.29, 0.717) is 0 Å².